The number of hydrogen-bond acceptors (Lipinski definition) is 8. The van der Waals surface area contributed by atoms with Crippen molar-refractivity contribution in [3.63, 3.8) is 0 Å². The molecule has 0 radical (unpaired) electrons. The Bertz CT molecular complexity index is 1310. The van der Waals surface area contributed by atoms with E-state index in [1.807, 2.05) is 49.4 Å². The average molecular weight is 460 g/mol. The van der Waals surface area contributed by atoms with Crippen molar-refractivity contribution in [2.45, 2.75) is 6.92 Å². The van der Waals surface area contributed by atoms with E-state index in [0.29, 0.717) is 36.2 Å². The highest BCUT2D eigenvalue weighted by atomic mass is 16.5. The van der Waals surface area contributed by atoms with Gasteiger partial charge in [0.05, 0.1) is 20.3 Å². The highest BCUT2D eigenvalue weighted by molar-refractivity contribution is 6.05. The molecule has 1 amide bonds. The lowest BCUT2D eigenvalue weighted by atomic mass is 10.2. The lowest BCUT2D eigenvalue weighted by molar-refractivity contribution is 0.0998. The Labute approximate surface area is 196 Å². The van der Waals surface area contributed by atoms with Gasteiger partial charge in [0.2, 0.25) is 5.95 Å². The largest absolute Gasteiger partial charge is 0.493 e. The molecule has 9 heteroatoms. The standard InChI is InChI=1S/C25H25N5O4/c1-16-14-22(30-10-12-33-13-11-30)29-25(26-16)28-19-8-6-18(7-9-19)27-24(31)21-15-17-4-3-5-20(32-2)23(17)34-21/h3-9,14-15H,10-13H2,1-2H3,(H,27,31)(H,26,28,29). The SMILES string of the molecule is COc1cccc2cc(C(=O)Nc3ccc(Nc4nc(C)cc(N5CCOCC5)n4)cc3)oc12. The summed E-state index contributed by atoms with van der Waals surface area (Å²) in [7, 11) is 1.57. The highest BCUT2D eigenvalue weighted by Crippen LogP contribution is 2.29. The van der Waals surface area contributed by atoms with Gasteiger partial charge in [-0.2, -0.15) is 4.98 Å². The Kier molecular flexibility index (Phi) is 6.01. The molecule has 2 aromatic heterocycles. The van der Waals surface area contributed by atoms with E-state index in [0.717, 1.165) is 35.7 Å². The number of hydrogen-bond donors (Lipinski definition) is 2. The van der Waals surface area contributed by atoms with Crippen molar-refractivity contribution in [2.24, 2.45) is 0 Å². The molecule has 1 saturated heterocycles. The van der Waals surface area contributed by atoms with Crippen LogP contribution in [0, 0.1) is 6.92 Å². The van der Waals surface area contributed by atoms with Crippen LogP contribution in [0.4, 0.5) is 23.1 Å². The van der Waals surface area contributed by atoms with Crippen molar-refractivity contribution >= 4 is 40.0 Å². The molecule has 0 atom stereocenters. The predicted molar refractivity (Wildman–Crippen MR) is 130 cm³/mol. The van der Waals surface area contributed by atoms with Crippen LogP contribution in [0.1, 0.15) is 16.2 Å². The van der Waals surface area contributed by atoms with Crippen LogP contribution in [-0.2, 0) is 4.74 Å². The summed E-state index contributed by atoms with van der Waals surface area (Å²) in [5.74, 6) is 1.86. The Morgan fingerprint density at radius 3 is 2.56 bits per heavy atom. The third kappa shape index (κ3) is 4.65. The first-order valence-electron chi connectivity index (χ1n) is 11.0. The first kappa shape index (κ1) is 21.7. The summed E-state index contributed by atoms with van der Waals surface area (Å²) < 4.78 is 16.4. The summed E-state index contributed by atoms with van der Waals surface area (Å²) in [6, 6.07) is 16.5. The van der Waals surface area contributed by atoms with Crippen molar-refractivity contribution in [2.75, 3.05) is 48.9 Å². The number of nitrogens with one attached hydrogen (secondary N) is 2. The minimum atomic E-state index is -0.337. The zero-order chi connectivity index (χ0) is 23.5. The molecule has 1 fully saturated rings. The van der Waals surface area contributed by atoms with Crippen LogP contribution in [-0.4, -0.2) is 49.3 Å². The minimum absolute atomic E-state index is 0.213. The number of nitrogens with zero attached hydrogens (tertiary/aromatic N) is 3. The zero-order valence-corrected chi connectivity index (χ0v) is 19.0. The van der Waals surface area contributed by atoms with Gasteiger partial charge in [-0.05, 0) is 43.3 Å². The van der Waals surface area contributed by atoms with Gasteiger partial charge in [-0.1, -0.05) is 12.1 Å². The highest BCUT2D eigenvalue weighted by Gasteiger charge is 2.16. The Hall–Kier alpha value is -4.11. The van der Waals surface area contributed by atoms with Crippen LogP contribution in [0.2, 0.25) is 0 Å². The number of furan rings is 1. The molecule has 34 heavy (non-hydrogen) atoms. The molecule has 2 N–H and O–H groups in total. The molecular formula is C25H25N5O4. The van der Waals surface area contributed by atoms with Gasteiger partial charge >= 0.3 is 0 Å². The number of methoxy groups -OCH3 is 1. The van der Waals surface area contributed by atoms with Crippen molar-refractivity contribution in [1.29, 1.82) is 0 Å². The summed E-state index contributed by atoms with van der Waals surface area (Å²) >= 11 is 0. The molecule has 0 spiro atoms. The van der Waals surface area contributed by atoms with Crippen LogP contribution in [0.25, 0.3) is 11.0 Å². The Balaban J connectivity index is 1.27. The van der Waals surface area contributed by atoms with Gasteiger partial charge in [0.15, 0.2) is 17.1 Å². The Morgan fingerprint density at radius 1 is 1.03 bits per heavy atom. The smallest absolute Gasteiger partial charge is 0.291 e. The van der Waals surface area contributed by atoms with Crippen molar-refractivity contribution < 1.29 is 18.7 Å². The third-order valence-electron chi connectivity index (χ3n) is 5.53. The number of para-hydroxylation sites is 1. The first-order valence-corrected chi connectivity index (χ1v) is 11.0. The quantitative estimate of drug-likeness (QED) is 0.438. The maximum absolute atomic E-state index is 12.7. The summed E-state index contributed by atoms with van der Waals surface area (Å²) in [6.07, 6.45) is 0. The molecule has 9 nitrogen and oxygen atoms in total. The lowest BCUT2D eigenvalue weighted by Crippen LogP contribution is -2.36. The second-order valence-electron chi connectivity index (χ2n) is 7.94. The Morgan fingerprint density at radius 2 is 1.79 bits per heavy atom. The number of rotatable bonds is 6. The van der Waals surface area contributed by atoms with Crippen molar-refractivity contribution in [1.82, 2.24) is 9.97 Å². The van der Waals surface area contributed by atoms with E-state index >= 15 is 0 Å². The molecular weight excluding hydrogens is 434 g/mol. The molecule has 4 aromatic rings. The molecule has 5 rings (SSSR count). The molecule has 0 bridgehead atoms. The number of fused-ring (bicyclic) bond motifs is 1. The normalized spacial score (nSPS) is 13.6. The molecule has 0 unspecified atom stereocenters. The number of aromatic nitrogens is 2. The van der Waals surface area contributed by atoms with Gasteiger partial charge in [0.1, 0.15) is 5.82 Å². The van der Waals surface area contributed by atoms with E-state index in [1.165, 1.54) is 0 Å². The molecule has 0 saturated carbocycles. The van der Waals surface area contributed by atoms with E-state index in [4.69, 9.17) is 13.9 Å². The second kappa shape index (κ2) is 9.40. The van der Waals surface area contributed by atoms with Gasteiger partial charge in [0, 0.05) is 41.6 Å². The maximum Gasteiger partial charge on any atom is 0.291 e. The van der Waals surface area contributed by atoms with Gasteiger partial charge in [-0.15, -0.1) is 0 Å². The van der Waals surface area contributed by atoms with E-state index in [-0.39, 0.29) is 11.7 Å². The van der Waals surface area contributed by atoms with Crippen LogP contribution in [0.15, 0.2) is 59.0 Å². The molecule has 1 aliphatic heterocycles. The van der Waals surface area contributed by atoms with Gasteiger partial charge < -0.3 is 29.4 Å². The van der Waals surface area contributed by atoms with Crippen LogP contribution >= 0.6 is 0 Å². The average Bonchev–Trinajstić information content (AvgIpc) is 3.30. The van der Waals surface area contributed by atoms with Crippen LogP contribution in [0.5, 0.6) is 5.75 Å². The first-order chi connectivity index (χ1) is 16.6. The number of carbonyl (C=O) groups is 1. The monoisotopic (exact) mass is 459 g/mol. The van der Waals surface area contributed by atoms with Gasteiger partial charge in [-0.3, -0.25) is 4.79 Å². The van der Waals surface area contributed by atoms with E-state index in [9.17, 15) is 4.79 Å². The van der Waals surface area contributed by atoms with Crippen molar-refractivity contribution in [3.05, 3.63) is 66.1 Å². The topological polar surface area (TPSA) is 102 Å². The molecule has 3 heterocycles. The van der Waals surface area contributed by atoms with E-state index in [1.54, 1.807) is 19.2 Å². The van der Waals surface area contributed by atoms with E-state index < -0.39 is 0 Å². The number of morpholine rings is 1. The third-order valence-corrected chi connectivity index (χ3v) is 5.53. The summed E-state index contributed by atoms with van der Waals surface area (Å²) in [5.41, 5.74) is 2.88. The fourth-order valence-corrected chi connectivity index (χ4v) is 3.83. The van der Waals surface area contributed by atoms with Gasteiger partial charge in [0.25, 0.3) is 5.91 Å². The fourth-order valence-electron chi connectivity index (χ4n) is 3.83. The predicted octanol–water partition coefficient (Wildman–Crippen LogP) is 4.37. The van der Waals surface area contributed by atoms with Crippen LogP contribution < -0.4 is 20.3 Å². The second-order valence-corrected chi connectivity index (χ2v) is 7.94. The maximum atomic E-state index is 12.7. The summed E-state index contributed by atoms with van der Waals surface area (Å²) in [6.45, 7) is 4.95. The molecule has 174 valence electrons. The number of benzene rings is 2. The summed E-state index contributed by atoms with van der Waals surface area (Å²) in [4.78, 5) is 24.0. The number of ether oxygens (including phenoxy) is 2. The van der Waals surface area contributed by atoms with E-state index in [2.05, 4.69) is 25.5 Å². The molecule has 1 aliphatic rings. The fraction of sp³-hybridized carbons (Fsp3) is 0.240. The van der Waals surface area contributed by atoms with Crippen molar-refractivity contribution in [3.8, 4) is 5.75 Å². The number of anilines is 4. The number of aryl methyl sites for hydroxylation is 1. The molecule has 0 aliphatic carbocycles. The number of carbonyl (C=O) groups excluding carboxylic acids is 1. The molecule has 2 aromatic carbocycles. The van der Waals surface area contributed by atoms with Gasteiger partial charge in [-0.25, -0.2) is 4.98 Å². The lowest BCUT2D eigenvalue weighted by Gasteiger charge is -2.28. The minimum Gasteiger partial charge on any atom is -0.493 e. The number of amides is 1. The van der Waals surface area contributed by atoms with Crippen LogP contribution in [0.3, 0.4) is 0 Å². The zero-order valence-electron chi connectivity index (χ0n) is 19.0. The summed E-state index contributed by atoms with van der Waals surface area (Å²) in [5, 5.41) is 6.90.